The fraction of sp³-hybridized carbons (Fsp3) is 0.318. The highest BCUT2D eigenvalue weighted by Crippen LogP contribution is 2.26. The van der Waals surface area contributed by atoms with Crippen molar-refractivity contribution in [2.24, 2.45) is 0 Å². The molecule has 30 heavy (non-hydrogen) atoms. The molecule has 8 heteroatoms. The molecular formula is C22H25ClN4O2S. The molecule has 0 saturated carbocycles. The van der Waals surface area contributed by atoms with E-state index in [2.05, 4.69) is 22.4 Å². The van der Waals surface area contributed by atoms with Crippen molar-refractivity contribution in [2.75, 3.05) is 17.7 Å². The summed E-state index contributed by atoms with van der Waals surface area (Å²) in [5, 5.41) is 12.7. The predicted molar refractivity (Wildman–Crippen MR) is 122 cm³/mol. The third-order valence-corrected chi connectivity index (χ3v) is 5.55. The highest BCUT2D eigenvalue weighted by Gasteiger charge is 2.15. The van der Waals surface area contributed by atoms with Crippen LogP contribution in [-0.2, 0) is 11.3 Å². The number of nitrogens with zero attached hydrogens (tertiary/aromatic N) is 3. The number of carbonyl (C=O) groups excluding carboxylic acids is 1. The van der Waals surface area contributed by atoms with Crippen LogP contribution in [0.2, 0.25) is 5.02 Å². The average Bonchev–Trinajstić information content (AvgIpc) is 3.16. The summed E-state index contributed by atoms with van der Waals surface area (Å²) in [4.78, 5) is 12.3. The molecule has 2 aromatic carbocycles. The van der Waals surface area contributed by atoms with E-state index in [1.54, 1.807) is 24.3 Å². The molecule has 0 fully saturated rings. The maximum Gasteiger partial charge on any atom is 0.234 e. The van der Waals surface area contributed by atoms with E-state index in [0.717, 1.165) is 36.6 Å². The monoisotopic (exact) mass is 444 g/mol. The van der Waals surface area contributed by atoms with Crippen LogP contribution in [0.15, 0.2) is 53.7 Å². The first kappa shape index (κ1) is 22.2. The average molecular weight is 445 g/mol. The Morgan fingerprint density at radius 1 is 1.17 bits per heavy atom. The first-order valence-corrected chi connectivity index (χ1v) is 11.3. The van der Waals surface area contributed by atoms with Gasteiger partial charge in [-0.05, 0) is 55.8 Å². The van der Waals surface area contributed by atoms with Crippen molar-refractivity contribution in [2.45, 2.75) is 38.4 Å². The molecule has 0 saturated heterocycles. The molecule has 0 radical (unpaired) electrons. The van der Waals surface area contributed by atoms with Gasteiger partial charge in [-0.2, -0.15) is 0 Å². The molecule has 0 spiro atoms. The van der Waals surface area contributed by atoms with E-state index < -0.39 is 0 Å². The predicted octanol–water partition coefficient (Wildman–Crippen LogP) is 5.53. The summed E-state index contributed by atoms with van der Waals surface area (Å²) in [5.74, 6) is 1.73. The zero-order valence-corrected chi connectivity index (χ0v) is 18.7. The second kappa shape index (κ2) is 11.0. The largest absolute Gasteiger partial charge is 0.494 e. The number of ether oxygens (including phenoxy) is 1. The quantitative estimate of drug-likeness (QED) is 0.329. The van der Waals surface area contributed by atoms with Crippen LogP contribution < -0.4 is 10.1 Å². The summed E-state index contributed by atoms with van der Waals surface area (Å²) >= 11 is 7.31. The SMILES string of the molecule is CCCCOc1ccc(-c2nnc(SCC(=O)Nc3cccc(Cl)c3)n2CC)cc1. The summed E-state index contributed by atoms with van der Waals surface area (Å²) in [7, 11) is 0. The minimum Gasteiger partial charge on any atom is -0.494 e. The lowest BCUT2D eigenvalue weighted by Gasteiger charge is -2.09. The Morgan fingerprint density at radius 2 is 1.97 bits per heavy atom. The Morgan fingerprint density at radius 3 is 2.67 bits per heavy atom. The molecule has 1 aromatic heterocycles. The van der Waals surface area contributed by atoms with Gasteiger partial charge in [-0.1, -0.05) is 42.8 Å². The van der Waals surface area contributed by atoms with Gasteiger partial charge >= 0.3 is 0 Å². The molecule has 0 aliphatic rings. The number of nitrogens with one attached hydrogen (secondary N) is 1. The number of hydrogen-bond acceptors (Lipinski definition) is 5. The van der Waals surface area contributed by atoms with Gasteiger partial charge in [0.05, 0.1) is 12.4 Å². The molecule has 0 atom stereocenters. The van der Waals surface area contributed by atoms with Gasteiger partial charge in [0.15, 0.2) is 11.0 Å². The lowest BCUT2D eigenvalue weighted by Crippen LogP contribution is -2.14. The Bertz CT molecular complexity index is 976. The van der Waals surface area contributed by atoms with E-state index in [4.69, 9.17) is 16.3 Å². The fourth-order valence-electron chi connectivity index (χ4n) is 2.82. The summed E-state index contributed by atoms with van der Waals surface area (Å²) in [6.45, 7) is 5.60. The molecular weight excluding hydrogens is 420 g/mol. The van der Waals surface area contributed by atoms with Crippen molar-refractivity contribution in [3.8, 4) is 17.1 Å². The number of benzene rings is 2. The van der Waals surface area contributed by atoms with Gasteiger partial charge in [-0.15, -0.1) is 10.2 Å². The number of unbranched alkanes of at least 4 members (excludes halogenated alkanes) is 1. The fourth-order valence-corrected chi connectivity index (χ4v) is 3.81. The number of amides is 1. The van der Waals surface area contributed by atoms with Gasteiger partial charge in [-0.25, -0.2) is 0 Å². The minimum absolute atomic E-state index is 0.122. The molecule has 0 bridgehead atoms. The van der Waals surface area contributed by atoms with Crippen LogP contribution in [0, 0.1) is 0 Å². The van der Waals surface area contributed by atoms with E-state index in [-0.39, 0.29) is 11.7 Å². The number of carbonyl (C=O) groups is 1. The third kappa shape index (κ3) is 6.00. The third-order valence-electron chi connectivity index (χ3n) is 4.35. The number of anilines is 1. The van der Waals surface area contributed by atoms with Crippen molar-refractivity contribution >= 4 is 35.0 Å². The molecule has 6 nitrogen and oxygen atoms in total. The highest BCUT2D eigenvalue weighted by atomic mass is 35.5. The molecule has 0 aliphatic heterocycles. The minimum atomic E-state index is -0.122. The van der Waals surface area contributed by atoms with Gasteiger partial charge in [0.1, 0.15) is 5.75 Å². The maximum atomic E-state index is 12.3. The first-order chi connectivity index (χ1) is 14.6. The molecule has 1 amide bonds. The lowest BCUT2D eigenvalue weighted by atomic mass is 10.2. The van der Waals surface area contributed by atoms with Crippen LogP contribution in [0.3, 0.4) is 0 Å². The summed E-state index contributed by atoms with van der Waals surface area (Å²) in [6, 6.07) is 14.9. The smallest absolute Gasteiger partial charge is 0.234 e. The number of hydrogen-bond donors (Lipinski definition) is 1. The van der Waals surface area contributed by atoms with Gasteiger partial charge in [0.25, 0.3) is 0 Å². The Labute approximate surface area is 186 Å². The van der Waals surface area contributed by atoms with Crippen LogP contribution in [-0.4, -0.2) is 33.0 Å². The van der Waals surface area contributed by atoms with Gasteiger partial charge < -0.3 is 14.6 Å². The van der Waals surface area contributed by atoms with Crippen LogP contribution in [0.4, 0.5) is 5.69 Å². The normalized spacial score (nSPS) is 10.8. The topological polar surface area (TPSA) is 69.0 Å². The maximum absolute atomic E-state index is 12.3. The standard InChI is InChI=1S/C22H25ClN4O2S/c1-3-5-13-29-19-11-9-16(10-12-19)21-25-26-22(27(21)4-2)30-15-20(28)24-18-8-6-7-17(23)14-18/h6-12,14H,3-5,13,15H2,1-2H3,(H,24,28). The molecule has 3 rings (SSSR count). The first-order valence-electron chi connectivity index (χ1n) is 9.95. The van der Waals surface area contributed by atoms with Crippen molar-refractivity contribution in [3.63, 3.8) is 0 Å². The van der Waals surface area contributed by atoms with Crippen molar-refractivity contribution in [3.05, 3.63) is 53.6 Å². The van der Waals surface area contributed by atoms with Crippen LogP contribution >= 0.6 is 23.4 Å². The van der Waals surface area contributed by atoms with Crippen LogP contribution in [0.1, 0.15) is 26.7 Å². The Kier molecular flexibility index (Phi) is 8.16. The summed E-state index contributed by atoms with van der Waals surface area (Å²) in [5.41, 5.74) is 1.63. The number of aromatic nitrogens is 3. The van der Waals surface area contributed by atoms with E-state index in [9.17, 15) is 4.79 Å². The van der Waals surface area contributed by atoms with E-state index >= 15 is 0 Å². The molecule has 1 heterocycles. The van der Waals surface area contributed by atoms with E-state index in [0.29, 0.717) is 22.4 Å². The Balaban J connectivity index is 1.63. The molecule has 158 valence electrons. The van der Waals surface area contributed by atoms with Crippen molar-refractivity contribution in [1.82, 2.24) is 14.8 Å². The second-order valence-corrected chi connectivity index (χ2v) is 8.00. The van der Waals surface area contributed by atoms with Gasteiger partial charge in [0.2, 0.25) is 5.91 Å². The zero-order chi connectivity index (χ0) is 21.3. The van der Waals surface area contributed by atoms with Crippen LogP contribution in [0.5, 0.6) is 5.75 Å². The summed E-state index contributed by atoms with van der Waals surface area (Å²) in [6.07, 6.45) is 2.15. The molecule has 1 N–H and O–H groups in total. The van der Waals surface area contributed by atoms with Crippen molar-refractivity contribution < 1.29 is 9.53 Å². The lowest BCUT2D eigenvalue weighted by molar-refractivity contribution is -0.113. The second-order valence-electron chi connectivity index (χ2n) is 6.62. The van der Waals surface area contributed by atoms with Crippen molar-refractivity contribution in [1.29, 1.82) is 0 Å². The summed E-state index contributed by atoms with van der Waals surface area (Å²) < 4.78 is 7.72. The van der Waals surface area contributed by atoms with Gasteiger partial charge in [0, 0.05) is 22.8 Å². The van der Waals surface area contributed by atoms with Crippen LogP contribution in [0.25, 0.3) is 11.4 Å². The number of halogens is 1. The number of thioether (sulfide) groups is 1. The molecule has 0 unspecified atom stereocenters. The number of rotatable bonds is 10. The van der Waals surface area contributed by atoms with Gasteiger partial charge in [-0.3, -0.25) is 4.79 Å². The molecule has 3 aromatic rings. The highest BCUT2D eigenvalue weighted by molar-refractivity contribution is 7.99. The van der Waals surface area contributed by atoms with E-state index in [1.807, 2.05) is 35.8 Å². The molecule has 0 aliphatic carbocycles. The van der Waals surface area contributed by atoms with E-state index in [1.165, 1.54) is 11.8 Å². The zero-order valence-electron chi connectivity index (χ0n) is 17.1. The Hall–Kier alpha value is -2.51.